The van der Waals surface area contributed by atoms with Crippen LogP contribution >= 0.6 is 0 Å². The van der Waals surface area contributed by atoms with Crippen molar-refractivity contribution in [1.29, 1.82) is 0 Å². The first kappa shape index (κ1) is 15.2. The molecule has 0 amide bonds. The van der Waals surface area contributed by atoms with Crippen molar-refractivity contribution in [3.05, 3.63) is 30.6 Å². The molecule has 0 saturated carbocycles. The molecule has 2 aromatic heterocycles. The fraction of sp³-hybridized carbons (Fsp3) is 0.312. The molecule has 0 bridgehead atoms. The third-order valence-electron chi connectivity index (χ3n) is 3.45. The highest BCUT2D eigenvalue weighted by molar-refractivity contribution is 5.88. The van der Waals surface area contributed by atoms with Crippen molar-refractivity contribution in [1.82, 2.24) is 19.9 Å². The number of aromatic amines is 1. The Morgan fingerprint density at radius 3 is 2.70 bits per heavy atom. The molecule has 0 aliphatic rings. The number of ether oxygens (including phenoxy) is 2. The number of nitrogens with one attached hydrogen (secondary N) is 2. The molecule has 0 fully saturated rings. The fourth-order valence-corrected chi connectivity index (χ4v) is 2.28. The van der Waals surface area contributed by atoms with Crippen molar-refractivity contribution in [3.8, 4) is 17.0 Å². The lowest BCUT2D eigenvalue weighted by molar-refractivity contribution is 0.197. The molecule has 0 atom stereocenters. The van der Waals surface area contributed by atoms with Gasteiger partial charge >= 0.3 is 0 Å². The first-order chi connectivity index (χ1) is 11.3. The number of H-pyrrole nitrogens is 1. The maximum absolute atomic E-state index is 5.20. The van der Waals surface area contributed by atoms with Crippen molar-refractivity contribution < 1.29 is 9.47 Å². The number of rotatable bonds is 7. The highest BCUT2D eigenvalue weighted by Gasteiger charge is 2.12. The first-order valence-corrected chi connectivity index (χ1v) is 7.40. The molecule has 1 aromatic carbocycles. The van der Waals surface area contributed by atoms with E-state index in [1.807, 2.05) is 24.3 Å². The van der Waals surface area contributed by atoms with Gasteiger partial charge in [-0.25, -0.2) is 9.97 Å². The Morgan fingerprint density at radius 1 is 1.13 bits per heavy atom. The quantitative estimate of drug-likeness (QED) is 0.652. The lowest BCUT2D eigenvalue weighted by Gasteiger charge is -2.08. The lowest BCUT2D eigenvalue weighted by atomic mass is 10.1. The smallest absolute Gasteiger partial charge is 0.225 e. The van der Waals surface area contributed by atoms with Crippen LogP contribution in [0.4, 0.5) is 5.95 Å². The summed E-state index contributed by atoms with van der Waals surface area (Å²) in [6.07, 6.45) is 2.51. The Kier molecular flexibility index (Phi) is 4.68. The number of fused-ring (bicyclic) bond motifs is 1. The molecule has 0 radical (unpaired) electrons. The molecule has 2 heterocycles. The molecule has 2 N–H and O–H groups in total. The molecule has 0 spiro atoms. The summed E-state index contributed by atoms with van der Waals surface area (Å²) in [6, 6.07) is 7.73. The number of nitrogens with zero attached hydrogens (tertiary/aromatic N) is 3. The summed E-state index contributed by atoms with van der Waals surface area (Å²) in [5.74, 6) is 1.38. The van der Waals surface area contributed by atoms with Gasteiger partial charge in [0, 0.05) is 25.8 Å². The maximum Gasteiger partial charge on any atom is 0.225 e. The number of hydrogen-bond acceptors (Lipinski definition) is 6. The van der Waals surface area contributed by atoms with Gasteiger partial charge in [0.15, 0.2) is 5.65 Å². The predicted octanol–water partition coefficient (Wildman–Crippen LogP) is 2.48. The molecular weight excluding hydrogens is 294 g/mol. The highest BCUT2D eigenvalue weighted by Crippen LogP contribution is 2.26. The van der Waals surface area contributed by atoms with E-state index in [1.54, 1.807) is 20.5 Å². The van der Waals surface area contributed by atoms with E-state index >= 15 is 0 Å². The zero-order valence-electron chi connectivity index (χ0n) is 13.2. The number of benzene rings is 1. The minimum absolute atomic E-state index is 0.573. The van der Waals surface area contributed by atoms with Crippen LogP contribution < -0.4 is 10.1 Å². The Morgan fingerprint density at radius 2 is 1.96 bits per heavy atom. The second-order valence-electron chi connectivity index (χ2n) is 5.00. The average molecular weight is 313 g/mol. The van der Waals surface area contributed by atoms with Gasteiger partial charge in [-0.2, -0.15) is 4.98 Å². The monoisotopic (exact) mass is 313 g/mol. The van der Waals surface area contributed by atoms with Crippen LogP contribution in [0.1, 0.15) is 6.42 Å². The normalized spacial score (nSPS) is 10.9. The third kappa shape index (κ3) is 3.40. The van der Waals surface area contributed by atoms with Crippen LogP contribution in [0.2, 0.25) is 0 Å². The zero-order valence-corrected chi connectivity index (χ0v) is 13.2. The summed E-state index contributed by atoms with van der Waals surface area (Å²) in [6.45, 7) is 1.44. The molecule has 3 aromatic rings. The fourth-order valence-electron chi connectivity index (χ4n) is 2.28. The summed E-state index contributed by atoms with van der Waals surface area (Å²) < 4.78 is 10.2. The largest absolute Gasteiger partial charge is 0.497 e. The Hall–Kier alpha value is -2.67. The third-order valence-corrected chi connectivity index (χ3v) is 3.45. The van der Waals surface area contributed by atoms with Crippen LogP contribution in [0.5, 0.6) is 5.75 Å². The van der Waals surface area contributed by atoms with E-state index in [0.29, 0.717) is 18.2 Å². The number of methoxy groups -OCH3 is 2. The van der Waals surface area contributed by atoms with Gasteiger partial charge < -0.3 is 19.8 Å². The molecule has 3 rings (SSSR count). The maximum atomic E-state index is 5.20. The van der Waals surface area contributed by atoms with Gasteiger partial charge in [-0.1, -0.05) is 0 Å². The summed E-state index contributed by atoms with van der Waals surface area (Å²) in [5.41, 5.74) is 3.20. The van der Waals surface area contributed by atoms with Crippen LogP contribution in [0.3, 0.4) is 0 Å². The van der Waals surface area contributed by atoms with Crippen molar-refractivity contribution in [2.45, 2.75) is 6.42 Å². The number of aromatic nitrogens is 4. The second kappa shape index (κ2) is 7.06. The van der Waals surface area contributed by atoms with Crippen LogP contribution in [0, 0.1) is 0 Å². The van der Waals surface area contributed by atoms with Crippen LogP contribution in [0.15, 0.2) is 30.6 Å². The number of hydrogen-bond donors (Lipinski definition) is 2. The minimum atomic E-state index is 0.573. The summed E-state index contributed by atoms with van der Waals surface area (Å²) in [4.78, 5) is 16.4. The van der Waals surface area contributed by atoms with E-state index in [9.17, 15) is 0 Å². The molecule has 7 nitrogen and oxygen atoms in total. The van der Waals surface area contributed by atoms with Gasteiger partial charge in [0.05, 0.1) is 13.4 Å². The molecule has 0 aliphatic carbocycles. The Labute approximate surface area is 134 Å². The summed E-state index contributed by atoms with van der Waals surface area (Å²) >= 11 is 0. The predicted molar refractivity (Wildman–Crippen MR) is 88.7 cm³/mol. The number of imidazole rings is 1. The van der Waals surface area contributed by atoms with Crippen LogP contribution in [0.25, 0.3) is 22.4 Å². The Bertz CT molecular complexity index is 770. The van der Waals surface area contributed by atoms with E-state index in [2.05, 4.69) is 25.3 Å². The van der Waals surface area contributed by atoms with Crippen LogP contribution in [-0.2, 0) is 4.74 Å². The van der Waals surface area contributed by atoms with Gasteiger partial charge in [-0.05, 0) is 30.7 Å². The molecule has 23 heavy (non-hydrogen) atoms. The molecular formula is C16H19N5O2. The second-order valence-corrected chi connectivity index (χ2v) is 5.00. The summed E-state index contributed by atoms with van der Waals surface area (Å²) in [5, 5.41) is 3.22. The topological polar surface area (TPSA) is 85.0 Å². The lowest BCUT2D eigenvalue weighted by Crippen LogP contribution is -2.08. The minimum Gasteiger partial charge on any atom is -0.497 e. The van der Waals surface area contributed by atoms with E-state index in [4.69, 9.17) is 9.47 Å². The molecule has 0 saturated heterocycles. The van der Waals surface area contributed by atoms with Crippen molar-refractivity contribution in [3.63, 3.8) is 0 Å². The molecule has 0 unspecified atom stereocenters. The van der Waals surface area contributed by atoms with E-state index in [0.717, 1.165) is 35.5 Å². The van der Waals surface area contributed by atoms with Crippen molar-refractivity contribution >= 4 is 17.1 Å². The summed E-state index contributed by atoms with van der Waals surface area (Å²) in [7, 11) is 3.34. The van der Waals surface area contributed by atoms with E-state index in [1.165, 1.54) is 0 Å². The first-order valence-electron chi connectivity index (χ1n) is 7.40. The average Bonchev–Trinajstić information content (AvgIpc) is 3.06. The molecule has 7 heteroatoms. The van der Waals surface area contributed by atoms with E-state index < -0.39 is 0 Å². The molecule has 0 aliphatic heterocycles. The molecule has 120 valence electrons. The SMILES string of the molecule is COCCCNc1nc(-c2ccc(OC)cc2)c2nc[nH]c2n1. The van der Waals surface area contributed by atoms with Gasteiger partial charge in [0.2, 0.25) is 5.95 Å². The highest BCUT2D eigenvalue weighted by atomic mass is 16.5. The van der Waals surface area contributed by atoms with Crippen molar-refractivity contribution in [2.75, 3.05) is 32.7 Å². The van der Waals surface area contributed by atoms with Gasteiger partial charge in [-0.3, -0.25) is 0 Å². The van der Waals surface area contributed by atoms with Crippen LogP contribution in [-0.4, -0.2) is 47.3 Å². The van der Waals surface area contributed by atoms with Gasteiger partial charge in [-0.15, -0.1) is 0 Å². The van der Waals surface area contributed by atoms with E-state index in [-0.39, 0.29) is 0 Å². The number of anilines is 1. The Balaban J connectivity index is 1.92. The van der Waals surface area contributed by atoms with Gasteiger partial charge in [0.1, 0.15) is 17.0 Å². The standard InChI is InChI=1S/C16H19N5O2/c1-22-9-3-8-17-16-20-13(14-15(21-16)19-10-18-14)11-4-6-12(23-2)7-5-11/h4-7,10H,3,8-9H2,1-2H3,(H2,17,18,19,20,21). The zero-order chi connectivity index (χ0) is 16.1. The van der Waals surface area contributed by atoms with Gasteiger partial charge in [0.25, 0.3) is 0 Å². The van der Waals surface area contributed by atoms with Crippen molar-refractivity contribution in [2.24, 2.45) is 0 Å².